The van der Waals surface area contributed by atoms with E-state index in [2.05, 4.69) is 0 Å². The molecule has 0 fully saturated rings. The van der Waals surface area contributed by atoms with E-state index in [-0.39, 0.29) is 5.97 Å². The summed E-state index contributed by atoms with van der Waals surface area (Å²) < 4.78 is 4.94. The number of fused-ring (bicyclic) bond motifs is 1. The number of esters is 1. The fraction of sp³-hybridized carbons (Fsp3) is 0.222. The SMILES string of the molecule is Cc1ccc2c(c1)OC(=O)C2N. The summed E-state index contributed by atoms with van der Waals surface area (Å²) in [5.74, 6) is 0.239. The molecule has 0 aromatic heterocycles. The lowest BCUT2D eigenvalue weighted by Crippen LogP contribution is -2.18. The highest BCUT2D eigenvalue weighted by molar-refractivity contribution is 5.85. The third-order valence-electron chi connectivity index (χ3n) is 1.97. The lowest BCUT2D eigenvalue weighted by Gasteiger charge is -1.98. The van der Waals surface area contributed by atoms with Crippen molar-refractivity contribution in [1.82, 2.24) is 0 Å². The largest absolute Gasteiger partial charge is 0.425 e. The van der Waals surface area contributed by atoms with E-state index in [0.29, 0.717) is 5.75 Å². The second kappa shape index (κ2) is 2.32. The van der Waals surface area contributed by atoms with Crippen LogP contribution >= 0.6 is 0 Å². The highest BCUT2D eigenvalue weighted by atomic mass is 16.5. The first kappa shape index (κ1) is 7.31. The Morgan fingerprint density at radius 2 is 2.25 bits per heavy atom. The summed E-state index contributed by atoms with van der Waals surface area (Å²) in [7, 11) is 0. The van der Waals surface area contributed by atoms with E-state index in [1.807, 2.05) is 25.1 Å². The predicted molar refractivity (Wildman–Crippen MR) is 43.7 cm³/mol. The Morgan fingerprint density at radius 1 is 1.50 bits per heavy atom. The number of hydrogen-bond acceptors (Lipinski definition) is 3. The molecule has 0 saturated heterocycles. The minimum Gasteiger partial charge on any atom is -0.425 e. The van der Waals surface area contributed by atoms with Gasteiger partial charge in [-0.1, -0.05) is 12.1 Å². The lowest BCUT2D eigenvalue weighted by atomic mass is 10.1. The number of carbonyl (C=O) groups excluding carboxylic acids is 1. The van der Waals surface area contributed by atoms with E-state index in [4.69, 9.17) is 10.5 Å². The maximum Gasteiger partial charge on any atom is 0.333 e. The van der Waals surface area contributed by atoms with Crippen LogP contribution in [0.5, 0.6) is 5.75 Å². The van der Waals surface area contributed by atoms with Gasteiger partial charge in [-0.3, -0.25) is 0 Å². The van der Waals surface area contributed by atoms with Crippen molar-refractivity contribution in [2.45, 2.75) is 13.0 Å². The summed E-state index contributed by atoms with van der Waals surface area (Å²) >= 11 is 0. The molecular weight excluding hydrogens is 154 g/mol. The summed E-state index contributed by atoms with van der Waals surface area (Å²) in [6.45, 7) is 1.94. The van der Waals surface area contributed by atoms with Crippen LogP contribution in [0.1, 0.15) is 17.2 Å². The molecule has 62 valence electrons. The molecule has 1 heterocycles. The van der Waals surface area contributed by atoms with Crippen molar-refractivity contribution in [2.75, 3.05) is 0 Å². The van der Waals surface area contributed by atoms with Gasteiger partial charge in [-0.15, -0.1) is 0 Å². The smallest absolute Gasteiger partial charge is 0.333 e. The quantitative estimate of drug-likeness (QED) is 0.457. The normalized spacial score (nSPS) is 20.5. The van der Waals surface area contributed by atoms with E-state index in [1.165, 1.54) is 0 Å². The topological polar surface area (TPSA) is 52.3 Å². The second-order valence-corrected chi connectivity index (χ2v) is 2.94. The number of ether oxygens (including phenoxy) is 1. The van der Waals surface area contributed by atoms with E-state index in [9.17, 15) is 4.79 Å². The number of aryl methyl sites for hydroxylation is 1. The van der Waals surface area contributed by atoms with Crippen molar-refractivity contribution in [3.05, 3.63) is 29.3 Å². The minimum absolute atomic E-state index is 0.365. The first-order chi connectivity index (χ1) is 5.68. The molecule has 1 aromatic carbocycles. The van der Waals surface area contributed by atoms with E-state index in [0.717, 1.165) is 11.1 Å². The van der Waals surface area contributed by atoms with E-state index in [1.54, 1.807) is 0 Å². The van der Waals surface area contributed by atoms with Gasteiger partial charge in [0.05, 0.1) is 0 Å². The Labute approximate surface area is 70.1 Å². The molecule has 1 atom stereocenters. The van der Waals surface area contributed by atoms with Gasteiger partial charge < -0.3 is 10.5 Å². The van der Waals surface area contributed by atoms with Crippen LogP contribution in [0.4, 0.5) is 0 Å². The Kier molecular flexibility index (Phi) is 1.41. The Hall–Kier alpha value is -1.35. The van der Waals surface area contributed by atoms with E-state index >= 15 is 0 Å². The fourth-order valence-electron chi connectivity index (χ4n) is 1.29. The van der Waals surface area contributed by atoms with Gasteiger partial charge in [0.15, 0.2) is 0 Å². The molecule has 3 heteroatoms. The zero-order chi connectivity index (χ0) is 8.72. The fourth-order valence-corrected chi connectivity index (χ4v) is 1.29. The Morgan fingerprint density at radius 3 is 3.00 bits per heavy atom. The van der Waals surface area contributed by atoms with Crippen LogP contribution in [0, 0.1) is 6.92 Å². The maximum atomic E-state index is 11.0. The molecule has 1 aliphatic heterocycles. The molecular formula is C9H9NO2. The predicted octanol–water partition coefficient (Wildman–Crippen LogP) is 0.914. The van der Waals surface area contributed by atoms with Gasteiger partial charge >= 0.3 is 5.97 Å². The standard InChI is InChI=1S/C9H9NO2/c1-5-2-3-6-7(4-5)12-9(11)8(6)10/h2-4,8H,10H2,1H3. The molecule has 0 spiro atoms. The van der Waals surface area contributed by atoms with Crippen LogP contribution in [0.3, 0.4) is 0 Å². The van der Waals surface area contributed by atoms with E-state index < -0.39 is 6.04 Å². The molecule has 1 aliphatic rings. The average molecular weight is 163 g/mol. The van der Waals surface area contributed by atoms with Gasteiger partial charge in [0.1, 0.15) is 11.8 Å². The third kappa shape index (κ3) is 0.905. The number of carbonyl (C=O) groups is 1. The van der Waals surface area contributed by atoms with Crippen LogP contribution in [-0.4, -0.2) is 5.97 Å². The molecule has 0 aliphatic carbocycles. The molecule has 1 aromatic rings. The molecule has 2 rings (SSSR count). The van der Waals surface area contributed by atoms with Crippen LogP contribution in [-0.2, 0) is 4.79 Å². The monoisotopic (exact) mass is 163 g/mol. The number of benzene rings is 1. The lowest BCUT2D eigenvalue weighted by molar-refractivity contribution is -0.133. The summed E-state index contributed by atoms with van der Waals surface area (Å²) in [6.07, 6.45) is 0. The highest BCUT2D eigenvalue weighted by Crippen LogP contribution is 2.31. The minimum atomic E-state index is -0.597. The molecule has 3 nitrogen and oxygen atoms in total. The molecule has 1 unspecified atom stereocenters. The molecule has 0 saturated carbocycles. The van der Waals surface area contributed by atoms with Crippen molar-refractivity contribution in [3.8, 4) is 5.75 Å². The van der Waals surface area contributed by atoms with Crippen molar-refractivity contribution < 1.29 is 9.53 Å². The van der Waals surface area contributed by atoms with Gasteiger partial charge in [0, 0.05) is 5.56 Å². The summed E-state index contributed by atoms with van der Waals surface area (Å²) in [5, 5.41) is 0. The Balaban J connectivity index is 2.54. The number of hydrogen-bond donors (Lipinski definition) is 1. The van der Waals surface area contributed by atoms with Crippen LogP contribution in [0.25, 0.3) is 0 Å². The summed E-state index contributed by atoms with van der Waals surface area (Å²) in [6, 6.07) is 4.97. The Bertz CT molecular complexity index is 346. The van der Waals surface area contributed by atoms with Crippen molar-refractivity contribution in [3.63, 3.8) is 0 Å². The zero-order valence-corrected chi connectivity index (χ0v) is 6.70. The van der Waals surface area contributed by atoms with Gasteiger partial charge in [0.2, 0.25) is 0 Å². The molecule has 0 amide bonds. The van der Waals surface area contributed by atoms with Crippen LogP contribution in [0.2, 0.25) is 0 Å². The second-order valence-electron chi connectivity index (χ2n) is 2.94. The van der Waals surface area contributed by atoms with Gasteiger partial charge in [-0.05, 0) is 18.6 Å². The average Bonchev–Trinajstić information content (AvgIpc) is 2.28. The number of rotatable bonds is 0. The van der Waals surface area contributed by atoms with Gasteiger partial charge in [-0.25, -0.2) is 4.79 Å². The highest BCUT2D eigenvalue weighted by Gasteiger charge is 2.29. The molecule has 0 radical (unpaired) electrons. The van der Waals surface area contributed by atoms with Gasteiger partial charge in [0.25, 0.3) is 0 Å². The third-order valence-corrected chi connectivity index (χ3v) is 1.97. The summed E-state index contributed by atoms with van der Waals surface area (Å²) in [4.78, 5) is 11.0. The zero-order valence-electron chi connectivity index (χ0n) is 6.70. The first-order valence-electron chi connectivity index (χ1n) is 3.76. The van der Waals surface area contributed by atoms with Crippen molar-refractivity contribution in [2.24, 2.45) is 5.73 Å². The molecule has 12 heavy (non-hydrogen) atoms. The maximum absolute atomic E-state index is 11.0. The van der Waals surface area contributed by atoms with Crippen molar-refractivity contribution in [1.29, 1.82) is 0 Å². The molecule has 0 bridgehead atoms. The molecule has 2 N–H and O–H groups in total. The summed E-state index contributed by atoms with van der Waals surface area (Å²) in [5.41, 5.74) is 7.41. The first-order valence-corrected chi connectivity index (χ1v) is 3.76. The van der Waals surface area contributed by atoms with Crippen LogP contribution in [0.15, 0.2) is 18.2 Å². The van der Waals surface area contributed by atoms with Crippen LogP contribution < -0.4 is 10.5 Å². The van der Waals surface area contributed by atoms with Gasteiger partial charge in [-0.2, -0.15) is 0 Å². The van der Waals surface area contributed by atoms with Crippen molar-refractivity contribution >= 4 is 5.97 Å². The number of nitrogens with two attached hydrogens (primary N) is 1.